The molecule has 6 nitrogen and oxygen atoms in total. The Kier molecular flexibility index (Phi) is 4.27. The van der Waals surface area contributed by atoms with Crippen LogP contribution in [0.4, 0.5) is 5.69 Å². The van der Waals surface area contributed by atoms with Gasteiger partial charge >= 0.3 is 0 Å². The molecule has 0 radical (unpaired) electrons. The van der Waals surface area contributed by atoms with Gasteiger partial charge in [-0.2, -0.15) is 5.10 Å². The maximum absolute atomic E-state index is 12.1. The first-order valence-corrected chi connectivity index (χ1v) is 7.14. The molecule has 0 saturated carbocycles. The molecule has 2 aromatic heterocycles. The van der Waals surface area contributed by atoms with Crippen LogP contribution in [0.3, 0.4) is 0 Å². The monoisotopic (exact) mass is 340 g/mol. The summed E-state index contributed by atoms with van der Waals surface area (Å²) >= 11 is 3.33. The Morgan fingerprint density at radius 1 is 1.45 bits per heavy atom. The molecule has 0 fully saturated rings. The Labute approximate surface area is 125 Å². The van der Waals surface area contributed by atoms with E-state index < -0.39 is 0 Å². The van der Waals surface area contributed by atoms with Crippen molar-refractivity contribution in [2.24, 2.45) is 0 Å². The number of anilines is 1. The van der Waals surface area contributed by atoms with Crippen LogP contribution in [0.2, 0.25) is 0 Å². The first-order valence-electron chi connectivity index (χ1n) is 6.34. The van der Waals surface area contributed by atoms with E-state index in [4.69, 9.17) is 4.52 Å². The molecule has 1 N–H and O–H groups in total. The summed E-state index contributed by atoms with van der Waals surface area (Å²) in [5, 5.41) is 11.2. The highest BCUT2D eigenvalue weighted by molar-refractivity contribution is 9.10. The second-order valence-electron chi connectivity index (χ2n) is 4.87. The van der Waals surface area contributed by atoms with Crippen LogP contribution in [-0.2, 0) is 6.54 Å². The van der Waals surface area contributed by atoms with Crippen LogP contribution < -0.4 is 10.9 Å². The summed E-state index contributed by atoms with van der Waals surface area (Å²) < 4.78 is 7.02. The number of nitrogens with zero attached hydrogens (tertiary/aromatic N) is 3. The fraction of sp³-hybridized carbons (Fsp3) is 0.462. The molecule has 2 aromatic rings. The summed E-state index contributed by atoms with van der Waals surface area (Å²) in [5.74, 6) is 0.773. The first-order chi connectivity index (χ1) is 9.41. The number of nitrogens with one attached hydrogen (secondary N) is 1. The maximum atomic E-state index is 12.1. The molecule has 20 heavy (non-hydrogen) atoms. The van der Waals surface area contributed by atoms with E-state index in [1.54, 1.807) is 6.20 Å². The third-order valence-electron chi connectivity index (χ3n) is 3.07. The van der Waals surface area contributed by atoms with Gasteiger partial charge < -0.3 is 9.84 Å². The third-order valence-corrected chi connectivity index (χ3v) is 3.84. The predicted molar refractivity (Wildman–Crippen MR) is 79.9 cm³/mol. The molecule has 0 aliphatic heterocycles. The summed E-state index contributed by atoms with van der Waals surface area (Å²) in [6.45, 7) is 8.11. The smallest absolute Gasteiger partial charge is 0.283 e. The number of aromatic nitrogens is 3. The number of hydrogen-bond acceptors (Lipinski definition) is 5. The first kappa shape index (κ1) is 14.8. The van der Waals surface area contributed by atoms with Crippen molar-refractivity contribution >= 4 is 21.6 Å². The zero-order valence-corrected chi connectivity index (χ0v) is 13.5. The Bertz CT molecular complexity index is 656. The van der Waals surface area contributed by atoms with Gasteiger partial charge in [0, 0.05) is 12.1 Å². The van der Waals surface area contributed by atoms with Gasteiger partial charge in [-0.15, -0.1) is 0 Å². The molecule has 0 aromatic carbocycles. The van der Waals surface area contributed by atoms with Crippen molar-refractivity contribution in [3.8, 4) is 0 Å². The van der Waals surface area contributed by atoms with Crippen LogP contribution in [0.15, 0.2) is 20.0 Å². The molecule has 7 heteroatoms. The van der Waals surface area contributed by atoms with E-state index in [1.807, 2.05) is 27.7 Å². The van der Waals surface area contributed by atoms with E-state index in [-0.39, 0.29) is 11.6 Å². The van der Waals surface area contributed by atoms with Gasteiger partial charge in [-0.1, -0.05) is 5.16 Å². The van der Waals surface area contributed by atoms with Gasteiger partial charge in [-0.25, -0.2) is 4.68 Å². The van der Waals surface area contributed by atoms with Gasteiger partial charge in [0.25, 0.3) is 5.56 Å². The van der Waals surface area contributed by atoms with Crippen molar-refractivity contribution in [3.05, 3.63) is 38.0 Å². The standard InChI is InChI=1S/C13H17BrN4O2/c1-7(2)18-13(19)12(14)11(6-16-18)15-5-10-8(3)17-20-9(10)4/h6-7,15H,5H2,1-4H3. The highest BCUT2D eigenvalue weighted by Gasteiger charge is 2.13. The van der Waals surface area contributed by atoms with Crippen LogP contribution in [0.5, 0.6) is 0 Å². The van der Waals surface area contributed by atoms with Gasteiger partial charge in [0.1, 0.15) is 10.2 Å². The molecule has 108 valence electrons. The van der Waals surface area contributed by atoms with Crippen LogP contribution in [0.25, 0.3) is 0 Å². The van der Waals surface area contributed by atoms with E-state index in [9.17, 15) is 4.79 Å². The summed E-state index contributed by atoms with van der Waals surface area (Å²) in [5.41, 5.74) is 2.34. The molecule has 2 rings (SSSR count). The summed E-state index contributed by atoms with van der Waals surface area (Å²) in [6, 6.07) is 0.0235. The van der Waals surface area contributed by atoms with Crippen molar-refractivity contribution in [2.45, 2.75) is 40.3 Å². The summed E-state index contributed by atoms with van der Waals surface area (Å²) in [6.07, 6.45) is 1.64. The van der Waals surface area contributed by atoms with E-state index in [0.717, 1.165) is 17.0 Å². The van der Waals surface area contributed by atoms with Gasteiger partial charge in [-0.05, 0) is 43.6 Å². The molecule has 2 heterocycles. The van der Waals surface area contributed by atoms with Crippen LogP contribution in [-0.4, -0.2) is 14.9 Å². The minimum Gasteiger partial charge on any atom is -0.378 e. The molecule has 0 aliphatic carbocycles. The highest BCUT2D eigenvalue weighted by atomic mass is 79.9. The largest absolute Gasteiger partial charge is 0.378 e. The van der Waals surface area contributed by atoms with Crippen molar-refractivity contribution in [1.82, 2.24) is 14.9 Å². The molecule has 0 atom stereocenters. The predicted octanol–water partition coefficient (Wildman–Crippen LogP) is 2.80. The van der Waals surface area contributed by atoms with Gasteiger partial charge in [0.05, 0.1) is 23.6 Å². The number of halogens is 1. The highest BCUT2D eigenvalue weighted by Crippen LogP contribution is 2.20. The van der Waals surface area contributed by atoms with Crippen molar-refractivity contribution in [1.29, 1.82) is 0 Å². The van der Waals surface area contributed by atoms with Gasteiger partial charge in [-0.3, -0.25) is 4.79 Å². The fourth-order valence-electron chi connectivity index (χ4n) is 1.87. The molecule has 0 aliphatic rings. The quantitative estimate of drug-likeness (QED) is 0.926. The molecule has 0 unspecified atom stereocenters. The zero-order chi connectivity index (χ0) is 14.9. The topological polar surface area (TPSA) is 73.0 Å². The molecular weight excluding hydrogens is 324 g/mol. The lowest BCUT2D eigenvalue weighted by Gasteiger charge is -2.12. The minimum absolute atomic E-state index is 0.0235. The van der Waals surface area contributed by atoms with Gasteiger partial charge in [0.15, 0.2) is 0 Å². The normalized spacial score (nSPS) is 11.1. The maximum Gasteiger partial charge on any atom is 0.283 e. The third kappa shape index (κ3) is 2.77. The van der Waals surface area contributed by atoms with Crippen molar-refractivity contribution in [2.75, 3.05) is 5.32 Å². The number of hydrogen-bond donors (Lipinski definition) is 1. The van der Waals surface area contributed by atoms with Crippen molar-refractivity contribution < 1.29 is 4.52 Å². The van der Waals surface area contributed by atoms with Crippen LogP contribution >= 0.6 is 15.9 Å². The van der Waals surface area contributed by atoms with Crippen molar-refractivity contribution in [3.63, 3.8) is 0 Å². The van der Waals surface area contributed by atoms with E-state index in [1.165, 1.54) is 4.68 Å². The second-order valence-corrected chi connectivity index (χ2v) is 5.66. The van der Waals surface area contributed by atoms with E-state index in [2.05, 4.69) is 31.5 Å². The molecule has 0 amide bonds. The van der Waals surface area contributed by atoms with Gasteiger partial charge in [0.2, 0.25) is 0 Å². The fourth-order valence-corrected chi connectivity index (χ4v) is 2.30. The second kappa shape index (κ2) is 5.78. The zero-order valence-electron chi connectivity index (χ0n) is 11.9. The number of aryl methyl sites for hydroxylation is 2. The van der Waals surface area contributed by atoms with Crippen LogP contribution in [0, 0.1) is 13.8 Å². The summed E-state index contributed by atoms with van der Waals surface area (Å²) in [7, 11) is 0. The van der Waals surface area contributed by atoms with E-state index in [0.29, 0.717) is 16.7 Å². The lowest BCUT2D eigenvalue weighted by atomic mass is 10.2. The lowest BCUT2D eigenvalue weighted by molar-refractivity contribution is 0.392. The Hall–Kier alpha value is -1.63. The Morgan fingerprint density at radius 3 is 2.70 bits per heavy atom. The van der Waals surface area contributed by atoms with E-state index >= 15 is 0 Å². The summed E-state index contributed by atoms with van der Waals surface area (Å²) in [4.78, 5) is 12.1. The molecular formula is C13H17BrN4O2. The average Bonchev–Trinajstić information content (AvgIpc) is 2.71. The number of rotatable bonds is 4. The minimum atomic E-state index is -0.149. The average molecular weight is 341 g/mol. The Morgan fingerprint density at radius 2 is 2.15 bits per heavy atom. The SMILES string of the molecule is Cc1noc(C)c1CNc1cnn(C(C)C)c(=O)c1Br. The molecule has 0 spiro atoms. The lowest BCUT2D eigenvalue weighted by Crippen LogP contribution is -2.26. The van der Waals surface area contributed by atoms with Crippen LogP contribution in [0.1, 0.15) is 36.9 Å². The molecule has 0 saturated heterocycles. The molecule has 0 bridgehead atoms. The Balaban J connectivity index is 2.23.